The van der Waals surface area contributed by atoms with Crippen molar-refractivity contribution in [1.82, 2.24) is 0 Å². The monoisotopic (exact) mass is 700 g/mol. The molecule has 0 atom stereocenters. The normalized spacial score (nSPS) is 8.31. The van der Waals surface area contributed by atoms with E-state index < -0.39 is 63.2 Å². The summed E-state index contributed by atoms with van der Waals surface area (Å²) in [7, 11) is 0. The van der Waals surface area contributed by atoms with Crippen LogP contribution in [-0.4, -0.2) is 0 Å². The summed E-state index contributed by atoms with van der Waals surface area (Å²) in [4.78, 5) is 0. The molecule has 0 aromatic rings. The van der Waals surface area contributed by atoms with Crippen LogP contribution in [0.15, 0.2) is 0 Å². The summed E-state index contributed by atoms with van der Waals surface area (Å²) in [5, 5.41) is 0. The van der Waals surface area contributed by atoms with Crippen molar-refractivity contribution < 1.29 is 131 Å². The van der Waals surface area contributed by atoms with E-state index in [1.54, 1.807) is 0 Å². The van der Waals surface area contributed by atoms with E-state index in [1.807, 2.05) is 0 Å². The number of rotatable bonds is 0. The van der Waals surface area contributed by atoms with Gasteiger partial charge < -0.3 is 30.9 Å². The van der Waals surface area contributed by atoms with E-state index in [-0.39, 0.29) is 36.9 Å². The topological polar surface area (TPSA) is 208 Å². The molecule has 0 heterocycles. The van der Waals surface area contributed by atoms with Crippen molar-refractivity contribution in [3.05, 3.63) is 0 Å². The van der Waals surface area contributed by atoms with Gasteiger partial charge in [0.25, 0.3) is 63.2 Å². The second kappa shape index (κ2) is 20.5. The summed E-state index contributed by atoms with van der Waals surface area (Å²) in [5.41, 5.74) is 0. The fourth-order valence-electron chi connectivity index (χ4n) is 0. The van der Waals surface area contributed by atoms with Gasteiger partial charge in [-0.1, -0.05) is 0 Å². The van der Waals surface area contributed by atoms with Crippen molar-refractivity contribution in [3.8, 4) is 0 Å². The minimum atomic E-state index is -4.01. The zero-order valence-corrected chi connectivity index (χ0v) is 13.2. The van der Waals surface area contributed by atoms with Gasteiger partial charge in [0, 0.05) is 36.9 Å². The van der Waals surface area contributed by atoms with Crippen LogP contribution in [0.4, 0.5) is 0 Å². The second-order valence-corrected chi connectivity index (χ2v) is 3.80. The molecule has 0 spiro atoms. The molecule has 0 unspecified atom stereocenters. The van der Waals surface area contributed by atoms with Crippen LogP contribution in [0.5, 0.6) is 0 Å². The molecular formula is I3LuO9-3. The van der Waals surface area contributed by atoms with Gasteiger partial charge >= 0.3 is 0 Å². The summed E-state index contributed by atoms with van der Waals surface area (Å²) in [6, 6.07) is 0. The van der Waals surface area contributed by atoms with Crippen LogP contribution < -0.4 is 94.1 Å². The van der Waals surface area contributed by atoms with Crippen molar-refractivity contribution >= 4 is 0 Å². The molecule has 0 aromatic carbocycles. The molecule has 13 heavy (non-hydrogen) atoms. The largest absolute Gasteiger partial charge is 0.427 e. The Balaban J connectivity index is -0.0000000450. The average molecular weight is 700 g/mol. The van der Waals surface area contributed by atoms with Crippen LogP contribution in [0.1, 0.15) is 0 Å². The molecule has 0 aliphatic heterocycles. The van der Waals surface area contributed by atoms with Crippen LogP contribution in [0.25, 0.3) is 0 Å². The van der Waals surface area contributed by atoms with Gasteiger partial charge in [-0.15, -0.1) is 0 Å². The third kappa shape index (κ3) is 274. The van der Waals surface area contributed by atoms with Crippen molar-refractivity contribution in [1.29, 1.82) is 0 Å². The van der Waals surface area contributed by atoms with Crippen molar-refractivity contribution in [2.75, 3.05) is 0 Å². The maximum absolute atomic E-state index is 8.57. The smallest absolute Gasteiger partial charge is 0.282 e. The van der Waals surface area contributed by atoms with Gasteiger partial charge in [-0.05, 0) is 0 Å². The van der Waals surface area contributed by atoms with E-state index in [2.05, 4.69) is 0 Å². The van der Waals surface area contributed by atoms with Crippen LogP contribution in [0.3, 0.4) is 0 Å². The molecule has 0 rings (SSSR count). The average Bonchev–Trinajstić information content (AvgIpc) is 1.54. The van der Waals surface area contributed by atoms with Crippen molar-refractivity contribution in [2.24, 2.45) is 0 Å². The molecule has 0 N–H and O–H groups in total. The molecule has 0 amide bonds. The zero-order valence-electron chi connectivity index (χ0n) is 5.07. The molecule has 9 nitrogen and oxygen atoms in total. The Labute approximate surface area is 128 Å². The van der Waals surface area contributed by atoms with Gasteiger partial charge in [0.1, 0.15) is 0 Å². The zero-order chi connectivity index (χ0) is 10.7. The maximum Gasteiger partial charge on any atom is 0.282 e. The first kappa shape index (κ1) is 25.0. The van der Waals surface area contributed by atoms with Crippen molar-refractivity contribution in [3.63, 3.8) is 0 Å². The second-order valence-electron chi connectivity index (χ2n) is 0.567. The van der Waals surface area contributed by atoms with Crippen LogP contribution in [0, 0.1) is 36.9 Å². The van der Waals surface area contributed by atoms with Gasteiger partial charge in [0.2, 0.25) is 0 Å². The number of halogens is 3. The standard InChI is InChI=1S/3IO3.Lu/c3*2-1(3)4;/q3*-1;. The van der Waals surface area contributed by atoms with Gasteiger partial charge in [-0.25, -0.2) is 0 Å². The number of hydrogen-bond donors (Lipinski definition) is 0. The van der Waals surface area contributed by atoms with Gasteiger partial charge in [0.05, 0.1) is 0 Å². The van der Waals surface area contributed by atoms with E-state index >= 15 is 0 Å². The first-order valence-electron chi connectivity index (χ1n) is 1.39. The first-order chi connectivity index (χ1) is 5.20. The number of hydrogen-bond acceptors (Lipinski definition) is 9. The molecule has 93 valence electrons. The summed E-state index contributed by atoms with van der Waals surface area (Å²) in [6.45, 7) is 0. The van der Waals surface area contributed by atoms with Crippen LogP contribution >= 0.6 is 0 Å². The molecule has 1 radical (unpaired) electrons. The molecule has 0 saturated carbocycles. The van der Waals surface area contributed by atoms with Crippen LogP contribution in [0.2, 0.25) is 0 Å². The molecule has 0 aliphatic rings. The van der Waals surface area contributed by atoms with Gasteiger partial charge in [-0.2, -0.15) is 0 Å². The third-order valence-electron chi connectivity index (χ3n) is 0. The van der Waals surface area contributed by atoms with E-state index in [9.17, 15) is 0 Å². The Morgan fingerprint density at radius 3 is 0.385 bits per heavy atom. The fourth-order valence-corrected chi connectivity index (χ4v) is 0. The Morgan fingerprint density at radius 1 is 0.385 bits per heavy atom. The summed E-state index contributed by atoms with van der Waals surface area (Å²) in [6.07, 6.45) is 0. The summed E-state index contributed by atoms with van der Waals surface area (Å²) < 4.78 is 77.2. The first-order valence-corrected chi connectivity index (χ1v) is 9.32. The predicted octanol–water partition coefficient (Wildman–Crippen LogP) is -19.7. The Morgan fingerprint density at radius 2 is 0.385 bits per heavy atom. The van der Waals surface area contributed by atoms with Gasteiger partial charge in [-0.3, -0.25) is 0 Å². The summed E-state index contributed by atoms with van der Waals surface area (Å²) >= 11 is -12.0. The fraction of sp³-hybridized carbons (Fsp3) is 0. The van der Waals surface area contributed by atoms with E-state index in [0.717, 1.165) is 0 Å². The van der Waals surface area contributed by atoms with Crippen LogP contribution in [-0.2, 0) is 0 Å². The molecule has 0 aliphatic carbocycles. The van der Waals surface area contributed by atoms with E-state index in [1.165, 1.54) is 0 Å². The maximum atomic E-state index is 8.57. The molecular weight excluding hydrogens is 700 g/mol. The van der Waals surface area contributed by atoms with E-state index in [0.29, 0.717) is 0 Å². The minimum Gasteiger partial charge on any atom is -0.427 e. The Kier molecular flexibility index (Phi) is 39.4. The van der Waals surface area contributed by atoms with Gasteiger partial charge in [0.15, 0.2) is 0 Å². The molecule has 0 saturated heterocycles. The summed E-state index contributed by atoms with van der Waals surface area (Å²) in [5.74, 6) is 0. The third-order valence-corrected chi connectivity index (χ3v) is 0. The molecule has 0 aromatic heterocycles. The minimum absolute atomic E-state index is 0. The Hall–Kier alpha value is 3.06. The molecule has 0 fully saturated rings. The predicted molar refractivity (Wildman–Crippen MR) is 0 cm³/mol. The molecule has 0 bridgehead atoms. The van der Waals surface area contributed by atoms with Crippen molar-refractivity contribution in [2.45, 2.75) is 0 Å². The quantitative estimate of drug-likeness (QED) is 0.220. The Bertz CT molecular complexity index is 43.4. The molecule has 13 heteroatoms. The SMILES string of the molecule is [Lu].[O-][I+2]([O-])[O-].[O-][I+2]([O-])[O-].[O-][I+2]([O-])[O-]. The van der Waals surface area contributed by atoms with E-state index in [4.69, 9.17) is 30.9 Å².